The smallest absolute Gasteiger partial charge is 0.310 e. The quantitative estimate of drug-likeness (QED) is 0.699. The van der Waals surface area contributed by atoms with Gasteiger partial charge in [0.05, 0.1) is 11.3 Å². The molecule has 0 aromatic heterocycles. The fourth-order valence-electron chi connectivity index (χ4n) is 1.25. The van der Waals surface area contributed by atoms with Crippen molar-refractivity contribution in [3.05, 3.63) is 24.3 Å². The second kappa shape index (κ2) is 3.17. The maximum atomic E-state index is 11.3. The Balaban J connectivity index is 2.95. The summed E-state index contributed by atoms with van der Waals surface area (Å²) in [6.45, 7) is 3.11. The topological polar surface area (TPSA) is 54.4 Å². The van der Waals surface area contributed by atoms with E-state index in [-0.39, 0.29) is 5.78 Å². The molecule has 70 valence electrons. The van der Waals surface area contributed by atoms with Crippen molar-refractivity contribution in [2.45, 2.75) is 13.8 Å². The molecule has 0 aromatic carbocycles. The molecule has 0 bridgehead atoms. The number of aliphatic carboxylic acids is 1. The molecule has 1 aliphatic carbocycles. The monoisotopic (exact) mass is 180 g/mol. The van der Waals surface area contributed by atoms with Gasteiger partial charge in [0, 0.05) is 0 Å². The van der Waals surface area contributed by atoms with Gasteiger partial charge in [0.2, 0.25) is 0 Å². The predicted octanol–water partition coefficient (Wildman–Crippen LogP) is 1.41. The summed E-state index contributed by atoms with van der Waals surface area (Å²) in [4.78, 5) is 22.2. The Morgan fingerprint density at radius 2 is 2.08 bits per heavy atom. The number of carboxylic acids is 1. The van der Waals surface area contributed by atoms with Gasteiger partial charge >= 0.3 is 5.97 Å². The molecular weight excluding hydrogens is 168 g/mol. The highest BCUT2D eigenvalue weighted by molar-refractivity contribution is 5.98. The molecule has 0 aromatic rings. The second-order valence-electron chi connectivity index (χ2n) is 3.65. The van der Waals surface area contributed by atoms with Crippen molar-refractivity contribution in [3.63, 3.8) is 0 Å². The highest BCUT2D eigenvalue weighted by Gasteiger charge is 2.39. The molecule has 0 heterocycles. The second-order valence-corrected chi connectivity index (χ2v) is 3.65. The Morgan fingerprint density at radius 3 is 2.54 bits per heavy atom. The van der Waals surface area contributed by atoms with Crippen molar-refractivity contribution in [1.29, 1.82) is 0 Å². The van der Waals surface area contributed by atoms with Gasteiger partial charge in [-0.05, 0) is 19.9 Å². The van der Waals surface area contributed by atoms with Crippen LogP contribution < -0.4 is 0 Å². The van der Waals surface area contributed by atoms with E-state index >= 15 is 0 Å². The molecule has 1 unspecified atom stereocenters. The van der Waals surface area contributed by atoms with Gasteiger partial charge in [0.25, 0.3) is 0 Å². The number of allylic oxidation sites excluding steroid dienone is 4. The van der Waals surface area contributed by atoms with Crippen molar-refractivity contribution in [1.82, 2.24) is 0 Å². The van der Waals surface area contributed by atoms with Gasteiger partial charge < -0.3 is 5.11 Å². The van der Waals surface area contributed by atoms with E-state index in [0.29, 0.717) is 0 Å². The zero-order valence-corrected chi connectivity index (χ0v) is 7.65. The van der Waals surface area contributed by atoms with Gasteiger partial charge in [-0.1, -0.05) is 18.2 Å². The SMILES string of the molecule is CC(C)(C(=O)O)C1C=CC=CC1=O. The molecule has 0 aliphatic heterocycles. The van der Waals surface area contributed by atoms with Crippen LogP contribution in [0.5, 0.6) is 0 Å². The zero-order valence-electron chi connectivity index (χ0n) is 7.65. The van der Waals surface area contributed by atoms with E-state index in [1.165, 1.54) is 6.08 Å². The van der Waals surface area contributed by atoms with Crippen LogP contribution in [0.1, 0.15) is 13.8 Å². The third kappa shape index (κ3) is 1.69. The number of carbonyl (C=O) groups is 2. The Labute approximate surface area is 76.8 Å². The first-order valence-corrected chi connectivity index (χ1v) is 4.08. The van der Waals surface area contributed by atoms with E-state index in [4.69, 9.17) is 5.11 Å². The Hall–Kier alpha value is -1.38. The molecular formula is C10H12O3. The molecule has 0 spiro atoms. The highest BCUT2D eigenvalue weighted by atomic mass is 16.4. The fraction of sp³-hybridized carbons (Fsp3) is 0.400. The first-order valence-electron chi connectivity index (χ1n) is 4.08. The summed E-state index contributed by atoms with van der Waals surface area (Å²) in [5.74, 6) is -1.64. The number of carbonyl (C=O) groups excluding carboxylic acids is 1. The maximum Gasteiger partial charge on any atom is 0.310 e. The predicted molar refractivity (Wildman–Crippen MR) is 48.2 cm³/mol. The summed E-state index contributed by atoms with van der Waals surface area (Å²) < 4.78 is 0. The van der Waals surface area contributed by atoms with Gasteiger partial charge in [-0.25, -0.2) is 0 Å². The van der Waals surface area contributed by atoms with Gasteiger partial charge in [0.15, 0.2) is 5.78 Å². The summed E-state index contributed by atoms with van der Waals surface area (Å²) in [6.07, 6.45) is 6.37. The Bertz CT molecular complexity index is 297. The minimum atomic E-state index is -1.03. The minimum Gasteiger partial charge on any atom is -0.481 e. The summed E-state index contributed by atoms with van der Waals surface area (Å²) >= 11 is 0. The first kappa shape index (κ1) is 9.71. The summed E-state index contributed by atoms with van der Waals surface area (Å²) in [7, 11) is 0. The van der Waals surface area contributed by atoms with E-state index < -0.39 is 17.3 Å². The van der Waals surface area contributed by atoms with E-state index in [1.54, 1.807) is 32.1 Å². The molecule has 0 saturated carbocycles. The number of rotatable bonds is 2. The maximum absolute atomic E-state index is 11.3. The van der Waals surface area contributed by atoms with E-state index in [0.717, 1.165) is 0 Å². The molecule has 13 heavy (non-hydrogen) atoms. The number of hydrogen-bond donors (Lipinski definition) is 1. The van der Waals surface area contributed by atoms with Crippen LogP contribution in [0.2, 0.25) is 0 Å². The average Bonchev–Trinajstić information content (AvgIpc) is 2.04. The van der Waals surface area contributed by atoms with Crippen molar-refractivity contribution in [2.75, 3.05) is 0 Å². The molecule has 1 rings (SSSR count). The molecule has 0 fully saturated rings. The van der Waals surface area contributed by atoms with Crippen LogP contribution in [0.4, 0.5) is 0 Å². The zero-order chi connectivity index (χ0) is 10.1. The Kier molecular flexibility index (Phi) is 2.36. The molecule has 1 atom stereocenters. The normalized spacial score (nSPS) is 22.0. The lowest BCUT2D eigenvalue weighted by atomic mass is 9.75. The number of hydrogen-bond acceptors (Lipinski definition) is 2. The third-order valence-corrected chi connectivity index (χ3v) is 2.31. The summed E-state index contributed by atoms with van der Waals surface area (Å²) in [6, 6.07) is 0. The molecule has 0 radical (unpaired) electrons. The molecule has 3 nitrogen and oxygen atoms in total. The first-order chi connectivity index (χ1) is 5.96. The van der Waals surface area contributed by atoms with Crippen molar-refractivity contribution in [2.24, 2.45) is 11.3 Å². The molecule has 0 saturated heterocycles. The van der Waals surface area contributed by atoms with Crippen LogP contribution >= 0.6 is 0 Å². The third-order valence-electron chi connectivity index (χ3n) is 2.31. The van der Waals surface area contributed by atoms with Gasteiger partial charge in [-0.15, -0.1) is 0 Å². The van der Waals surface area contributed by atoms with Gasteiger partial charge in [-0.2, -0.15) is 0 Å². The minimum absolute atomic E-state index is 0.144. The van der Waals surface area contributed by atoms with Gasteiger partial charge in [-0.3, -0.25) is 9.59 Å². The summed E-state index contributed by atoms with van der Waals surface area (Å²) in [5, 5.41) is 8.90. The van der Waals surface area contributed by atoms with E-state index in [9.17, 15) is 9.59 Å². The lowest BCUT2D eigenvalue weighted by Gasteiger charge is -2.26. The largest absolute Gasteiger partial charge is 0.481 e. The summed E-state index contributed by atoms with van der Waals surface area (Å²) in [5.41, 5.74) is -1.03. The van der Waals surface area contributed by atoms with Crippen LogP contribution in [0, 0.1) is 11.3 Å². The lowest BCUT2D eigenvalue weighted by molar-refractivity contribution is -0.151. The lowest BCUT2D eigenvalue weighted by Crippen LogP contribution is -2.36. The highest BCUT2D eigenvalue weighted by Crippen LogP contribution is 2.30. The van der Waals surface area contributed by atoms with Crippen molar-refractivity contribution >= 4 is 11.8 Å². The van der Waals surface area contributed by atoms with E-state index in [1.807, 2.05) is 0 Å². The van der Waals surface area contributed by atoms with Crippen LogP contribution in [0.15, 0.2) is 24.3 Å². The standard InChI is InChI=1S/C10H12O3/c1-10(2,9(12)13)7-5-3-4-6-8(7)11/h3-7H,1-2H3,(H,12,13). The molecule has 0 amide bonds. The van der Waals surface area contributed by atoms with Crippen LogP contribution in [0.25, 0.3) is 0 Å². The average molecular weight is 180 g/mol. The van der Waals surface area contributed by atoms with Crippen molar-refractivity contribution in [3.8, 4) is 0 Å². The molecule has 1 N–H and O–H groups in total. The molecule has 1 aliphatic rings. The number of carboxylic acid groups (broad SMARTS) is 1. The van der Waals surface area contributed by atoms with Crippen molar-refractivity contribution < 1.29 is 14.7 Å². The van der Waals surface area contributed by atoms with E-state index in [2.05, 4.69) is 0 Å². The fourth-order valence-corrected chi connectivity index (χ4v) is 1.25. The number of ketones is 1. The van der Waals surface area contributed by atoms with Crippen LogP contribution in [0.3, 0.4) is 0 Å². The Morgan fingerprint density at radius 1 is 1.46 bits per heavy atom. The van der Waals surface area contributed by atoms with Gasteiger partial charge in [0.1, 0.15) is 0 Å². The molecule has 3 heteroatoms. The van der Waals surface area contributed by atoms with Crippen LogP contribution in [-0.4, -0.2) is 16.9 Å². The van der Waals surface area contributed by atoms with Crippen LogP contribution in [-0.2, 0) is 9.59 Å².